The van der Waals surface area contributed by atoms with E-state index in [1.807, 2.05) is 0 Å². The second-order valence-corrected chi connectivity index (χ2v) is 1.25. The normalized spacial score (nSPS) is 6.00. The second-order valence-electron chi connectivity index (χ2n) is 1.25. The van der Waals surface area contributed by atoms with Gasteiger partial charge in [0.2, 0.25) is 0 Å². The first-order valence-electron chi connectivity index (χ1n) is 2.44. The largest absolute Gasteiger partial charge is 0.481 e. The van der Waals surface area contributed by atoms with Gasteiger partial charge in [0, 0.05) is 32.5 Å². The molecule has 0 saturated heterocycles. The zero-order chi connectivity index (χ0) is 8.57. The molecule has 4 nitrogen and oxygen atoms in total. The second kappa shape index (κ2) is 12.0. The summed E-state index contributed by atoms with van der Waals surface area (Å²) in [5.41, 5.74) is 0. The molecule has 0 aliphatic rings. The van der Waals surface area contributed by atoms with Crippen molar-refractivity contribution in [1.82, 2.24) is 0 Å². The van der Waals surface area contributed by atoms with E-state index >= 15 is 0 Å². The summed E-state index contributed by atoms with van der Waals surface area (Å²) in [6.45, 7) is 4.24. The van der Waals surface area contributed by atoms with Crippen molar-refractivity contribution < 1.29 is 38.9 Å². The van der Waals surface area contributed by atoms with Gasteiger partial charge in [0.25, 0.3) is 5.97 Å². The predicted octanol–water partition coefficient (Wildman–Crippen LogP) is 0.434. The average Bonchev–Trinajstić information content (AvgIpc) is 1.85. The van der Waals surface area contributed by atoms with Gasteiger partial charge in [0.15, 0.2) is 0 Å². The number of aliphatic carboxylic acids is 1. The van der Waals surface area contributed by atoms with Crippen molar-refractivity contribution in [3.05, 3.63) is 12.7 Å². The molecule has 5 heteroatoms. The van der Waals surface area contributed by atoms with Crippen LogP contribution < -0.4 is 0 Å². The van der Waals surface area contributed by atoms with Crippen molar-refractivity contribution in [3.63, 3.8) is 0 Å². The van der Waals surface area contributed by atoms with Gasteiger partial charge in [-0.25, -0.2) is 4.79 Å². The molecule has 60 valence electrons. The van der Waals surface area contributed by atoms with Crippen molar-refractivity contribution in [2.45, 2.75) is 6.92 Å². The number of carboxylic acids is 1. The fourth-order valence-corrected chi connectivity index (χ4v) is 0.0833. The monoisotopic (exact) mass is 210 g/mol. The van der Waals surface area contributed by atoms with Gasteiger partial charge in [-0.05, 0) is 0 Å². The molecule has 0 unspecified atom stereocenters. The van der Waals surface area contributed by atoms with Crippen LogP contribution in [0.2, 0.25) is 0 Å². The number of carboxylic acid groups (broad SMARTS) is 1. The first-order chi connectivity index (χ1) is 4.54. The van der Waals surface area contributed by atoms with Crippen LogP contribution in [0, 0.1) is 0 Å². The van der Waals surface area contributed by atoms with Crippen LogP contribution >= 0.6 is 0 Å². The molecule has 0 aliphatic heterocycles. The Labute approximate surface area is 78.0 Å². The zero-order valence-electron chi connectivity index (χ0n) is 6.66. The van der Waals surface area contributed by atoms with Crippen molar-refractivity contribution >= 4 is 11.9 Å². The van der Waals surface area contributed by atoms with Crippen LogP contribution in [0.3, 0.4) is 0 Å². The third kappa shape index (κ3) is 45.5. The molecule has 0 aromatic carbocycles. The van der Waals surface area contributed by atoms with Crippen LogP contribution in [0.4, 0.5) is 0 Å². The summed E-state index contributed by atoms with van der Waals surface area (Å²) in [5.74, 6) is -1.23. The molecule has 0 fully saturated rings. The topological polar surface area (TPSA) is 63.6 Å². The smallest absolute Gasteiger partial charge is 0.329 e. The number of ether oxygens (including phenoxy) is 1. The molecule has 0 radical (unpaired) electrons. The van der Waals surface area contributed by atoms with Gasteiger partial charge < -0.3 is 9.84 Å². The number of carbonyl (C=O) groups is 2. The number of hydrogen-bond acceptors (Lipinski definition) is 3. The molecule has 0 bridgehead atoms. The van der Waals surface area contributed by atoms with Crippen LogP contribution in [0.5, 0.6) is 0 Å². The Morgan fingerprint density at radius 3 is 1.82 bits per heavy atom. The predicted molar refractivity (Wildman–Crippen MR) is 35.5 cm³/mol. The maximum absolute atomic E-state index is 9.84. The zero-order valence-corrected chi connectivity index (χ0v) is 9.63. The van der Waals surface area contributed by atoms with Gasteiger partial charge in [0.1, 0.15) is 0 Å². The molecule has 0 saturated carbocycles. The summed E-state index contributed by atoms with van der Waals surface area (Å²) in [6, 6.07) is 0. The van der Waals surface area contributed by atoms with Gasteiger partial charge in [0.05, 0.1) is 7.11 Å². The molecule has 0 heterocycles. The summed E-state index contributed by atoms with van der Waals surface area (Å²) in [5, 5.41) is 7.42. The maximum Gasteiger partial charge on any atom is 0.329 e. The molecule has 0 rings (SSSR count). The van der Waals surface area contributed by atoms with Gasteiger partial charge in [-0.15, -0.1) is 0 Å². The van der Waals surface area contributed by atoms with Crippen molar-refractivity contribution in [3.8, 4) is 0 Å². The van der Waals surface area contributed by atoms with Crippen LogP contribution in [0.15, 0.2) is 12.7 Å². The summed E-state index contributed by atoms with van der Waals surface area (Å²) >= 11 is 0. The number of rotatable bonds is 1. The fourth-order valence-electron chi connectivity index (χ4n) is 0.0833. The Morgan fingerprint density at radius 1 is 1.55 bits per heavy atom. The first-order valence-corrected chi connectivity index (χ1v) is 2.44. The van der Waals surface area contributed by atoms with Gasteiger partial charge in [-0.2, -0.15) is 0 Å². The Kier molecular flexibility index (Phi) is 18.3. The Morgan fingerprint density at radius 2 is 1.82 bits per heavy atom. The average molecular weight is 212 g/mol. The summed E-state index contributed by atoms with van der Waals surface area (Å²) in [6.07, 6.45) is 1.11. The SMILES string of the molecule is C=CC(=O)OC.CC(=O)O.[Zn]. The minimum Gasteiger partial charge on any atom is -0.481 e. The summed E-state index contributed by atoms with van der Waals surface area (Å²) in [7, 11) is 1.31. The standard InChI is InChI=1S/C4H6O2.C2H4O2.Zn/c1-3-4(5)6-2;1-2(3)4;/h3H,1H2,2H3;1H3,(H,3,4);. The van der Waals surface area contributed by atoms with Crippen molar-refractivity contribution in [2.24, 2.45) is 0 Å². The van der Waals surface area contributed by atoms with E-state index in [-0.39, 0.29) is 19.5 Å². The van der Waals surface area contributed by atoms with Crippen molar-refractivity contribution in [2.75, 3.05) is 7.11 Å². The van der Waals surface area contributed by atoms with E-state index in [0.29, 0.717) is 0 Å². The molecule has 0 aliphatic carbocycles. The summed E-state index contributed by atoms with van der Waals surface area (Å²) in [4.78, 5) is 18.8. The molecule has 1 N–H and O–H groups in total. The molecule has 11 heavy (non-hydrogen) atoms. The fraction of sp³-hybridized carbons (Fsp3) is 0.333. The van der Waals surface area contributed by atoms with Crippen molar-refractivity contribution in [1.29, 1.82) is 0 Å². The molecular weight excluding hydrogens is 201 g/mol. The van der Waals surface area contributed by atoms with E-state index in [0.717, 1.165) is 13.0 Å². The molecule has 0 aromatic rings. The number of hydrogen-bond donors (Lipinski definition) is 1. The van der Waals surface area contributed by atoms with E-state index in [4.69, 9.17) is 9.90 Å². The minimum absolute atomic E-state index is 0. The molecule has 0 spiro atoms. The van der Waals surface area contributed by atoms with E-state index < -0.39 is 11.9 Å². The third-order valence-electron chi connectivity index (χ3n) is 0.368. The maximum atomic E-state index is 9.84. The van der Waals surface area contributed by atoms with E-state index in [1.165, 1.54) is 7.11 Å². The molecule has 0 amide bonds. The summed E-state index contributed by atoms with van der Waals surface area (Å²) < 4.78 is 4.14. The van der Waals surface area contributed by atoms with E-state index in [2.05, 4.69) is 11.3 Å². The molecular formula is C6H10O4Zn. The minimum atomic E-state index is -0.833. The molecule has 0 aromatic heterocycles. The number of esters is 1. The van der Waals surface area contributed by atoms with Crippen LogP contribution in [0.25, 0.3) is 0 Å². The quantitative estimate of drug-likeness (QED) is 0.388. The van der Waals surface area contributed by atoms with Gasteiger partial charge in [-0.3, -0.25) is 4.79 Å². The van der Waals surface area contributed by atoms with Gasteiger partial charge >= 0.3 is 5.97 Å². The van der Waals surface area contributed by atoms with E-state index in [1.54, 1.807) is 0 Å². The van der Waals surface area contributed by atoms with Crippen LogP contribution in [0.1, 0.15) is 6.92 Å². The first kappa shape index (κ1) is 16.7. The van der Waals surface area contributed by atoms with Crippen LogP contribution in [-0.4, -0.2) is 24.2 Å². The number of carbonyl (C=O) groups excluding carboxylic acids is 1. The van der Waals surface area contributed by atoms with Crippen LogP contribution in [-0.2, 0) is 33.8 Å². The third-order valence-corrected chi connectivity index (χ3v) is 0.368. The Hall–Kier alpha value is -0.697. The Bertz CT molecular complexity index is 129. The number of methoxy groups -OCH3 is 1. The molecule has 0 atom stereocenters. The van der Waals surface area contributed by atoms with Gasteiger partial charge in [-0.1, -0.05) is 6.58 Å². The Balaban J connectivity index is -0.000000114. The van der Waals surface area contributed by atoms with E-state index in [9.17, 15) is 4.79 Å².